The molecule has 1 aliphatic heterocycles. The smallest absolute Gasteiger partial charge is 0.811 e. The molecule has 0 spiro atoms. The normalized spacial score (nSPS) is 14.7. The predicted octanol–water partition coefficient (Wildman–Crippen LogP) is -4.90. The molecule has 0 saturated heterocycles. The van der Waals surface area contributed by atoms with Crippen molar-refractivity contribution >= 4 is 15.5 Å². The maximum atomic E-state index is 10.5. The van der Waals surface area contributed by atoms with Crippen LogP contribution in [0.1, 0.15) is 11.1 Å². The van der Waals surface area contributed by atoms with Crippen molar-refractivity contribution in [2.24, 2.45) is 0 Å². The first kappa shape index (κ1) is 18.8. The number of fused-ring (bicyclic) bond motifs is 1. The van der Waals surface area contributed by atoms with Gasteiger partial charge < -0.3 is 14.4 Å². The van der Waals surface area contributed by atoms with Gasteiger partial charge in [-0.05, 0) is 35.8 Å². The molecular weight excluding hydrogens is 276 g/mol. The van der Waals surface area contributed by atoms with E-state index < -0.39 is 7.60 Å². The van der Waals surface area contributed by atoms with Gasteiger partial charge in [0.2, 0.25) is 0 Å². The minimum atomic E-state index is -4.30. The Kier molecular flexibility index (Phi) is 9.03. The van der Waals surface area contributed by atoms with E-state index in [2.05, 4.69) is 12.1 Å². The summed E-state index contributed by atoms with van der Waals surface area (Å²) < 4.78 is 10.5. The summed E-state index contributed by atoms with van der Waals surface area (Å²) in [5.74, 6) is 0. The summed E-state index contributed by atoms with van der Waals surface area (Å²) in [4.78, 5) is 21.1. The van der Waals surface area contributed by atoms with Crippen molar-refractivity contribution in [2.45, 2.75) is 12.3 Å². The molecule has 0 unspecified atom stereocenters. The van der Waals surface area contributed by atoms with Gasteiger partial charge in [0.05, 0.1) is 0 Å². The summed E-state index contributed by atoms with van der Waals surface area (Å²) in [6.45, 7) is 0. The zero-order chi connectivity index (χ0) is 10.9. The van der Waals surface area contributed by atoms with Gasteiger partial charge in [-0.3, -0.25) is 0 Å². The molecule has 0 radical (unpaired) electrons. The summed E-state index contributed by atoms with van der Waals surface area (Å²) in [7, 11) is -4.61. The van der Waals surface area contributed by atoms with E-state index in [9.17, 15) is 14.4 Å². The van der Waals surface area contributed by atoms with Crippen molar-refractivity contribution in [1.29, 1.82) is 0 Å². The summed E-state index contributed by atoms with van der Waals surface area (Å²) in [5.41, 5.74) is 2.66. The first-order valence-corrected chi connectivity index (χ1v) is 8.47. The second-order valence-electron chi connectivity index (χ2n) is 3.81. The molecule has 0 aliphatic carbocycles. The van der Waals surface area contributed by atoms with Crippen molar-refractivity contribution in [1.82, 2.24) is 0 Å². The Morgan fingerprint density at radius 3 is 2.00 bits per heavy atom. The predicted molar refractivity (Wildman–Crippen MR) is 58.1 cm³/mol. The average molecular weight is 288 g/mol. The largest absolute Gasteiger partial charge is 1.00 e. The topological polar surface area (TPSA) is 63.2 Å². The molecule has 0 bridgehead atoms. The standard InChI is InChI=1S/C10H14O3P2.2Na/c11-15(12,13)6-5-14-7-9-3-1-2-4-10(9)8-14;;/h1-4H,5-8H2,(H2,11,12,13);;/q;2*+1/p-2. The molecule has 0 fully saturated rings. The van der Waals surface area contributed by atoms with E-state index >= 15 is 0 Å². The molecule has 0 N–H and O–H groups in total. The zero-order valence-electron chi connectivity index (χ0n) is 10.3. The van der Waals surface area contributed by atoms with Crippen LogP contribution in [0.4, 0.5) is 0 Å². The van der Waals surface area contributed by atoms with Gasteiger partial charge in [-0.15, -0.1) is 0 Å². The third-order valence-corrected chi connectivity index (χ3v) is 6.15. The van der Waals surface area contributed by atoms with Crippen LogP contribution in [0.15, 0.2) is 24.3 Å². The molecule has 0 amide bonds. The molecule has 1 aliphatic rings. The minimum absolute atomic E-state index is 0. The van der Waals surface area contributed by atoms with Gasteiger partial charge in [-0.1, -0.05) is 39.8 Å². The third-order valence-electron chi connectivity index (χ3n) is 2.60. The van der Waals surface area contributed by atoms with Crippen LogP contribution in [0.2, 0.25) is 0 Å². The van der Waals surface area contributed by atoms with Gasteiger partial charge in [0.25, 0.3) is 0 Å². The molecule has 7 heteroatoms. The van der Waals surface area contributed by atoms with Crippen molar-refractivity contribution in [3.05, 3.63) is 35.4 Å². The van der Waals surface area contributed by atoms with Crippen LogP contribution < -0.4 is 68.9 Å². The van der Waals surface area contributed by atoms with Gasteiger partial charge in [0.15, 0.2) is 0 Å². The molecular formula is C10H12Na2O3P2. The Balaban J connectivity index is 0.00000128. The van der Waals surface area contributed by atoms with E-state index in [0.717, 1.165) is 12.3 Å². The monoisotopic (exact) mass is 288 g/mol. The van der Waals surface area contributed by atoms with Crippen LogP contribution in [0.3, 0.4) is 0 Å². The van der Waals surface area contributed by atoms with Crippen LogP contribution in [-0.4, -0.2) is 12.3 Å². The number of rotatable bonds is 3. The quantitative estimate of drug-likeness (QED) is 0.414. The Hall–Kier alpha value is 1.80. The van der Waals surface area contributed by atoms with Crippen molar-refractivity contribution in [3.63, 3.8) is 0 Å². The number of hydrogen-bond acceptors (Lipinski definition) is 3. The van der Waals surface area contributed by atoms with Gasteiger partial charge in [0.1, 0.15) is 0 Å². The van der Waals surface area contributed by atoms with Crippen LogP contribution >= 0.6 is 15.5 Å². The van der Waals surface area contributed by atoms with Crippen molar-refractivity contribution < 1.29 is 73.5 Å². The Bertz CT molecular complexity index is 383. The maximum absolute atomic E-state index is 10.5. The molecule has 2 rings (SSSR count). The fourth-order valence-electron chi connectivity index (χ4n) is 1.83. The van der Waals surface area contributed by atoms with Gasteiger partial charge in [-0.2, -0.15) is 0 Å². The van der Waals surface area contributed by atoms with E-state index in [1.807, 2.05) is 12.1 Å². The van der Waals surface area contributed by atoms with E-state index in [-0.39, 0.29) is 73.2 Å². The number of benzene rings is 1. The van der Waals surface area contributed by atoms with E-state index in [1.165, 1.54) is 11.1 Å². The van der Waals surface area contributed by atoms with Crippen LogP contribution in [0, 0.1) is 0 Å². The van der Waals surface area contributed by atoms with Crippen molar-refractivity contribution in [3.8, 4) is 0 Å². The molecule has 0 aromatic heterocycles. The van der Waals surface area contributed by atoms with E-state index in [1.54, 1.807) is 0 Å². The first-order valence-electron chi connectivity index (χ1n) is 4.85. The Labute approximate surface area is 147 Å². The molecule has 82 valence electrons. The fourth-order valence-corrected chi connectivity index (χ4v) is 5.95. The van der Waals surface area contributed by atoms with Gasteiger partial charge in [-0.25, -0.2) is 0 Å². The summed E-state index contributed by atoms with van der Waals surface area (Å²) >= 11 is 0. The molecule has 0 atom stereocenters. The Morgan fingerprint density at radius 2 is 1.59 bits per heavy atom. The molecule has 1 heterocycles. The average Bonchev–Trinajstić information content (AvgIpc) is 2.56. The Morgan fingerprint density at radius 1 is 1.12 bits per heavy atom. The maximum Gasteiger partial charge on any atom is 1.00 e. The van der Waals surface area contributed by atoms with Crippen LogP contribution in [0.5, 0.6) is 0 Å². The first-order chi connectivity index (χ1) is 7.04. The number of hydrogen-bond donors (Lipinski definition) is 0. The van der Waals surface area contributed by atoms with E-state index in [0.29, 0.717) is 6.16 Å². The SMILES string of the molecule is O=P([O-])([O-])CCP1Cc2ccccc2C1.[Na+].[Na+]. The molecule has 1 aromatic carbocycles. The second kappa shape index (κ2) is 8.17. The third kappa shape index (κ3) is 6.19. The molecule has 17 heavy (non-hydrogen) atoms. The van der Waals surface area contributed by atoms with Crippen molar-refractivity contribution in [2.75, 3.05) is 12.3 Å². The zero-order valence-corrected chi connectivity index (χ0v) is 16.0. The summed E-state index contributed by atoms with van der Waals surface area (Å²) in [6, 6.07) is 8.19. The second-order valence-corrected chi connectivity index (χ2v) is 7.90. The van der Waals surface area contributed by atoms with Gasteiger partial charge in [0, 0.05) is 0 Å². The summed E-state index contributed by atoms with van der Waals surface area (Å²) in [5, 5.41) is 0. The molecule has 3 nitrogen and oxygen atoms in total. The molecule has 1 aromatic rings. The van der Waals surface area contributed by atoms with Crippen LogP contribution in [0.25, 0.3) is 0 Å². The van der Waals surface area contributed by atoms with Crippen LogP contribution in [-0.2, 0) is 16.9 Å². The molecule has 0 saturated carbocycles. The minimum Gasteiger partial charge on any atom is -0.811 e. The summed E-state index contributed by atoms with van der Waals surface area (Å²) in [6.07, 6.45) is 2.35. The van der Waals surface area contributed by atoms with E-state index in [4.69, 9.17) is 0 Å². The van der Waals surface area contributed by atoms with Gasteiger partial charge >= 0.3 is 59.1 Å². The fraction of sp³-hybridized carbons (Fsp3) is 0.400.